The average molecular weight is 396 g/mol. The third-order valence-corrected chi connectivity index (χ3v) is 5.15. The van der Waals surface area contributed by atoms with Crippen molar-refractivity contribution in [3.63, 3.8) is 0 Å². The first-order chi connectivity index (χ1) is 13.5. The smallest absolute Gasteiger partial charge is 0.291 e. The van der Waals surface area contributed by atoms with Gasteiger partial charge in [0.25, 0.3) is 11.8 Å². The summed E-state index contributed by atoms with van der Waals surface area (Å²) in [4.78, 5) is 30.9. The first-order valence-electron chi connectivity index (χ1n) is 8.90. The number of oxazole rings is 1. The number of amides is 2. The van der Waals surface area contributed by atoms with Crippen LogP contribution < -0.4 is 5.32 Å². The van der Waals surface area contributed by atoms with Crippen LogP contribution in [0.25, 0.3) is 0 Å². The number of anilines is 1. The highest BCUT2D eigenvalue weighted by molar-refractivity contribution is 6.34. The molecule has 2 amide bonds. The summed E-state index contributed by atoms with van der Waals surface area (Å²) in [5, 5.41) is 3.27. The fourth-order valence-electron chi connectivity index (χ4n) is 3.30. The van der Waals surface area contributed by atoms with Gasteiger partial charge < -0.3 is 14.6 Å². The predicted molar refractivity (Wildman–Crippen MR) is 106 cm³/mol. The summed E-state index contributed by atoms with van der Waals surface area (Å²) in [5.41, 5.74) is 3.81. The fourth-order valence-corrected chi connectivity index (χ4v) is 3.52. The average Bonchev–Trinajstić information content (AvgIpc) is 3.13. The number of carbonyl (C=O) groups is 2. The molecular weight excluding hydrogens is 378 g/mol. The zero-order chi connectivity index (χ0) is 19.7. The molecule has 1 aromatic heterocycles. The number of nitrogens with one attached hydrogen (secondary N) is 1. The van der Waals surface area contributed by atoms with Gasteiger partial charge in [-0.1, -0.05) is 29.8 Å². The third kappa shape index (κ3) is 3.51. The Hall–Kier alpha value is -3.12. The molecule has 0 radical (unpaired) electrons. The Morgan fingerprint density at radius 1 is 1.18 bits per heavy atom. The Labute approximate surface area is 167 Å². The molecule has 4 rings (SSSR count). The first-order valence-corrected chi connectivity index (χ1v) is 9.28. The van der Waals surface area contributed by atoms with Crippen molar-refractivity contribution in [3.05, 3.63) is 82.0 Å². The van der Waals surface area contributed by atoms with Gasteiger partial charge in [-0.3, -0.25) is 9.59 Å². The van der Waals surface area contributed by atoms with Crippen molar-refractivity contribution in [2.75, 3.05) is 11.9 Å². The first kappa shape index (κ1) is 18.3. The van der Waals surface area contributed by atoms with Crippen LogP contribution in [0, 0.1) is 6.92 Å². The van der Waals surface area contributed by atoms with Crippen molar-refractivity contribution >= 4 is 29.1 Å². The monoisotopic (exact) mass is 395 g/mol. The van der Waals surface area contributed by atoms with Gasteiger partial charge in [0.2, 0.25) is 5.76 Å². The number of hydrogen-bond acceptors (Lipinski definition) is 4. The maximum Gasteiger partial charge on any atom is 0.291 e. The van der Waals surface area contributed by atoms with E-state index < -0.39 is 0 Å². The summed E-state index contributed by atoms with van der Waals surface area (Å²) < 4.78 is 5.23. The molecule has 0 spiro atoms. The van der Waals surface area contributed by atoms with E-state index in [2.05, 4.69) is 10.3 Å². The lowest BCUT2D eigenvalue weighted by Gasteiger charge is -2.28. The van der Waals surface area contributed by atoms with Gasteiger partial charge in [0.1, 0.15) is 0 Å². The molecule has 7 heteroatoms. The number of rotatable bonds is 3. The molecule has 0 saturated heterocycles. The molecule has 3 aromatic rings. The van der Waals surface area contributed by atoms with E-state index in [0.717, 1.165) is 17.5 Å². The van der Waals surface area contributed by atoms with Crippen LogP contribution in [0.15, 0.2) is 53.3 Å². The van der Waals surface area contributed by atoms with Crippen molar-refractivity contribution in [2.24, 2.45) is 0 Å². The van der Waals surface area contributed by atoms with Crippen LogP contribution in [0.1, 0.15) is 37.7 Å². The normalized spacial score (nSPS) is 13.1. The zero-order valence-electron chi connectivity index (χ0n) is 15.2. The second-order valence-electron chi connectivity index (χ2n) is 6.66. The third-order valence-electron chi connectivity index (χ3n) is 4.82. The van der Waals surface area contributed by atoms with E-state index in [0.29, 0.717) is 35.1 Å². The lowest BCUT2D eigenvalue weighted by Crippen LogP contribution is -2.36. The van der Waals surface area contributed by atoms with E-state index in [1.807, 2.05) is 18.2 Å². The highest BCUT2D eigenvalue weighted by atomic mass is 35.5. The van der Waals surface area contributed by atoms with Crippen LogP contribution in [0.5, 0.6) is 0 Å². The second-order valence-corrected chi connectivity index (χ2v) is 7.07. The SMILES string of the molecule is Cc1ncoc1C(=O)N1CCc2ccc(NC(=O)c3ccccc3Cl)cc2C1. The lowest BCUT2D eigenvalue weighted by molar-refractivity contribution is 0.0701. The number of halogens is 1. The standard InChI is InChI=1S/C21H18ClN3O3/c1-13-19(28-12-23-13)21(27)25-9-8-14-6-7-16(10-15(14)11-25)24-20(26)17-4-2-3-5-18(17)22/h2-7,10,12H,8-9,11H2,1H3,(H,24,26). The topological polar surface area (TPSA) is 75.4 Å². The Balaban J connectivity index is 1.52. The van der Waals surface area contributed by atoms with Crippen molar-refractivity contribution in [2.45, 2.75) is 19.9 Å². The van der Waals surface area contributed by atoms with E-state index in [1.54, 1.807) is 36.1 Å². The Bertz CT molecular complexity index is 1060. The molecule has 0 unspecified atom stereocenters. The minimum atomic E-state index is -0.272. The van der Waals surface area contributed by atoms with Crippen LogP contribution >= 0.6 is 11.6 Å². The van der Waals surface area contributed by atoms with Gasteiger partial charge in [-0.2, -0.15) is 0 Å². The molecule has 2 aromatic carbocycles. The summed E-state index contributed by atoms with van der Waals surface area (Å²) >= 11 is 6.10. The van der Waals surface area contributed by atoms with E-state index in [1.165, 1.54) is 6.39 Å². The quantitative estimate of drug-likeness (QED) is 0.724. The summed E-state index contributed by atoms with van der Waals surface area (Å²) in [6.07, 6.45) is 2.02. The number of hydrogen-bond donors (Lipinski definition) is 1. The molecule has 6 nitrogen and oxygen atoms in total. The molecule has 28 heavy (non-hydrogen) atoms. The summed E-state index contributed by atoms with van der Waals surface area (Å²) in [6, 6.07) is 12.7. The lowest BCUT2D eigenvalue weighted by atomic mass is 9.98. The van der Waals surface area contributed by atoms with Gasteiger partial charge >= 0.3 is 0 Å². The van der Waals surface area contributed by atoms with Crippen molar-refractivity contribution in [3.8, 4) is 0 Å². The van der Waals surface area contributed by atoms with Crippen LogP contribution in [0.4, 0.5) is 5.69 Å². The van der Waals surface area contributed by atoms with Crippen LogP contribution in [0.3, 0.4) is 0 Å². The predicted octanol–water partition coefficient (Wildman–Crippen LogP) is 4.09. The maximum absolute atomic E-state index is 12.7. The molecule has 0 atom stereocenters. The summed E-state index contributed by atoms with van der Waals surface area (Å²) in [6.45, 7) is 2.80. The Morgan fingerprint density at radius 2 is 2.00 bits per heavy atom. The Kier molecular flexibility index (Phi) is 4.88. The van der Waals surface area contributed by atoms with Gasteiger partial charge in [0.15, 0.2) is 6.39 Å². The summed E-state index contributed by atoms with van der Waals surface area (Å²) in [5.74, 6) is -0.177. The zero-order valence-corrected chi connectivity index (χ0v) is 16.0. The maximum atomic E-state index is 12.7. The molecule has 0 saturated carbocycles. The molecule has 2 heterocycles. The van der Waals surface area contributed by atoms with Crippen molar-refractivity contribution < 1.29 is 14.0 Å². The molecule has 1 N–H and O–H groups in total. The molecule has 0 fully saturated rings. The summed E-state index contributed by atoms with van der Waals surface area (Å²) in [7, 11) is 0. The number of benzene rings is 2. The van der Waals surface area contributed by atoms with Gasteiger partial charge in [-0.05, 0) is 48.7 Å². The highest BCUT2D eigenvalue weighted by Crippen LogP contribution is 2.25. The minimum absolute atomic E-state index is 0.175. The number of aryl methyl sites for hydroxylation is 1. The van der Waals surface area contributed by atoms with Crippen LogP contribution in [-0.2, 0) is 13.0 Å². The van der Waals surface area contributed by atoms with Crippen molar-refractivity contribution in [1.29, 1.82) is 0 Å². The minimum Gasteiger partial charge on any atom is -0.438 e. The van der Waals surface area contributed by atoms with Crippen molar-refractivity contribution in [1.82, 2.24) is 9.88 Å². The molecule has 1 aliphatic heterocycles. The van der Waals surface area contributed by atoms with Gasteiger partial charge in [-0.15, -0.1) is 0 Å². The molecule has 142 valence electrons. The molecular formula is C21H18ClN3O3. The van der Waals surface area contributed by atoms with Gasteiger partial charge in [-0.25, -0.2) is 4.98 Å². The highest BCUT2D eigenvalue weighted by Gasteiger charge is 2.25. The number of carbonyl (C=O) groups excluding carboxylic acids is 2. The number of nitrogens with zero attached hydrogens (tertiary/aromatic N) is 2. The fraction of sp³-hybridized carbons (Fsp3) is 0.190. The Morgan fingerprint density at radius 3 is 2.75 bits per heavy atom. The van der Waals surface area contributed by atoms with E-state index >= 15 is 0 Å². The van der Waals surface area contributed by atoms with E-state index in [9.17, 15) is 9.59 Å². The molecule has 0 aliphatic carbocycles. The molecule has 1 aliphatic rings. The van der Waals surface area contributed by atoms with Crippen LogP contribution in [0.2, 0.25) is 5.02 Å². The molecule has 0 bridgehead atoms. The van der Waals surface area contributed by atoms with Crippen LogP contribution in [-0.4, -0.2) is 28.2 Å². The second kappa shape index (κ2) is 7.48. The van der Waals surface area contributed by atoms with E-state index in [-0.39, 0.29) is 17.6 Å². The number of aromatic nitrogens is 1. The number of fused-ring (bicyclic) bond motifs is 1. The van der Waals surface area contributed by atoms with E-state index in [4.69, 9.17) is 16.0 Å². The van der Waals surface area contributed by atoms with Gasteiger partial charge in [0, 0.05) is 18.8 Å². The van der Waals surface area contributed by atoms with Gasteiger partial charge in [0.05, 0.1) is 16.3 Å². The largest absolute Gasteiger partial charge is 0.438 e.